The molecule has 1 unspecified atom stereocenters. The van der Waals surface area contributed by atoms with E-state index >= 15 is 0 Å². The molecule has 1 aromatic heterocycles. The van der Waals surface area contributed by atoms with E-state index in [0.29, 0.717) is 35.4 Å². The van der Waals surface area contributed by atoms with Crippen LogP contribution in [0.15, 0.2) is 61.4 Å². The van der Waals surface area contributed by atoms with E-state index in [0.717, 1.165) is 36.3 Å². The number of nitrogens with one attached hydrogen (secondary N) is 2. The maximum absolute atomic E-state index is 12.3. The molecule has 44 heavy (non-hydrogen) atoms. The van der Waals surface area contributed by atoms with E-state index in [2.05, 4.69) is 48.8 Å². The van der Waals surface area contributed by atoms with Crippen molar-refractivity contribution in [2.45, 2.75) is 31.9 Å². The number of carbonyl (C=O) groups excluding carboxylic acids is 1. The number of likely N-dealkylation sites (N-methyl/N-ethyl adjacent to an activating group) is 2. The highest BCUT2D eigenvalue weighted by atomic mass is 16.7. The van der Waals surface area contributed by atoms with E-state index in [1.54, 1.807) is 32.1 Å². The second kappa shape index (κ2) is 14.2. The zero-order chi connectivity index (χ0) is 31.9. The van der Waals surface area contributed by atoms with Gasteiger partial charge >= 0.3 is 0 Å². The Kier molecular flexibility index (Phi) is 10.4. The Labute approximate surface area is 259 Å². The first-order valence-corrected chi connectivity index (χ1v) is 14.4. The molecular weight excluding hydrogens is 558 g/mol. The molecule has 11 heteroatoms. The van der Waals surface area contributed by atoms with Crippen molar-refractivity contribution in [1.29, 1.82) is 0 Å². The number of nitrogens with zero attached hydrogens (tertiary/aromatic N) is 5. The molecule has 0 bridgehead atoms. The molecule has 0 aliphatic carbocycles. The number of carbonyl (C=O) groups is 1. The highest BCUT2D eigenvalue weighted by Gasteiger charge is 2.29. The number of benzene rings is 2. The van der Waals surface area contributed by atoms with Crippen LogP contribution in [-0.2, 0) is 9.63 Å². The van der Waals surface area contributed by atoms with Gasteiger partial charge in [-0.15, -0.1) is 0 Å². The summed E-state index contributed by atoms with van der Waals surface area (Å²) >= 11 is 0. The molecule has 2 heterocycles. The highest BCUT2D eigenvalue weighted by molar-refractivity contribution is 6.02. The summed E-state index contributed by atoms with van der Waals surface area (Å²) < 4.78 is 5.74. The standard InChI is InChI=1S/C33H41N7O4/c1-8-32(41)37-25-19-26(29(43-7)20-28(25)39(6)16-15-38(4)5)36-30-21-31(35-22-34-30)40-27(13-17-44-40)24-11-9-10-23(18-24)12-14-33(2,3)42/h8-11,18-22,27,42H,1,13,15-17H2,2-7H3,(H,37,41)(H,34,35,36). The van der Waals surface area contributed by atoms with Crippen LogP contribution < -0.4 is 25.3 Å². The fraction of sp³-hybridized carbons (Fsp3) is 0.364. The van der Waals surface area contributed by atoms with Crippen molar-refractivity contribution < 1.29 is 19.5 Å². The monoisotopic (exact) mass is 599 g/mol. The number of anilines is 5. The lowest BCUT2D eigenvalue weighted by molar-refractivity contribution is -0.111. The Hall–Kier alpha value is -4.63. The summed E-state index contributed by atoms with van der Waals surface area (Å²) in [4.78, 5) is 31.4. The number of amides is 1. The van der Waals surface area contributed by atoms with Crippen molar-refractivity contribution in [3.63, 3.8) is 0 Å². The van der Waals surface area contributed by atoms with Gasteiger partial charge in [0, 0.05) is 44.3 Å². The zero-order valence-corrected chi connectivity index (χ0v) is 26.2. The summed E-state index contributed by atoms with van der Waals surface area (Å²) in [7, 11) is 7.59. The topological polar surface area (TPSA) is 115 Å². The van der Waals surface area contributed by atoms with E-state index in [9.17, 15) is 9.90 Å². The molecule has 232 valence electrons. The highest BCUT2D eigenvalue weighted by Crippen LogP contribution is 2.39. The minimum atomic E-state index is -1.08. The molecule has 11 nitrogen and oxygen atoms in total. The van der Waals surface area contributed by atoms with E-state index in [4.69, 9.17) is 9.57 Å². The third kappa shape index (κ3) is 8.48. The molecule has 4 rings (SSSR count). The lowest BCUT2D eigenvalue weighted by atomic mass is 10.0. The van der Waals surface area contributed by atoms with E-state index in [-0.39, 0.29) is 11.9 Å². The van der Waals surface area contributed by atoms with E-state index < -0.39 is 5.60 Å². The summed E-state index contributed by atoms with van der Waals surface area (Å²) in [6, 6.07) is 13.3. The lowest BCUT2D eigenvalue weighted by Gasteiger charge is -2.26. The first-order valence-electron chi connectivity index (χ1n) is 14.4. The number of hydrogen-bond donors (Lipinski definition) is 3. The largest absolute Gasteiger partial charge is 0.494 e. The molecule has 1 atom stereocenters. The maximum Gasteiger partial charge on any atom is 0.247 e. The molecule has 0 radical (unpaired) electrons. The maximum atomic E-state index is 12.3. The number of methoxy groups -OCH3 is 1. The van der Waals surface area contributed by atoms with Crippen LogP contribution >= 0.6 is 0 Å². The van der Waals surface area contributed by atoms with Gasteiger partial charge in [-0.3, -0.25) is 9.63 Å². The van der Waals surface area contributed by atoms with Crippen molar-refractivity contribution in [3.05, 3.63) is 72.6 Å². The molecule has 3 N–H and O–H groups in total. The summed E-state index contributed by atoms with van der Waals surface area (Å²) in [5.41, 5.74) is 2.77. The number of ether oxygens (including phenoxy) is 1. The number of aliphatic hydroxyl groups is 1. The van der Waals surface area contributed by atoms with Crippen molar-refractivity contribution >= 4 is 34.6 Å². The second-order valence-electron chi connectivity index (χ2n) is 11.3. The second-order valence-corrected chi connectivity index (χ2v) is 11.3. The van der Waals surface area contributed by atoms with Gasteiger partial charge in [-0.25, -0.2) is 15.0 Å². The average Bonchev–Trinajstić information content (AvgIpc) is 3.49. The van der Waals surface area contributed by atoms with Crippen LogP contribution in [0.5, 0.6) is 5.75 Å². The number of hydrogen-bond acceptors (Lipinski definition) is 10. The molecule has 0 spiro atoms. The minimum Gasteiger partial charge on any atom is -0.494 e. The van der Waals surface area contributed by atoms with Crippen molar-refractivity contribution in [3.8, 4) is 17.6 Å². The Morgan fingerprint density at radius 1 is 1.20 bits per heavy atom. The van der Waals surface area contributed by atoms with Gasteiger partial charge in [-0.1, -0.05) is 30.6 Å². The Bertz CT molecular complexity index is 1540. The Morgan fingerprint density at radius 2 is 2.00 bits per heavy atom. The molecular formula is C33H41N7O4. The number of rotatable bonds is 11. The van der Waals surface area contributed by atoms with Gasteiger partial charge in [-0.05, 0) is 57.8 Å². The number of aromatic nitrogens is 2. The van der Waals surface area contributed by atoms with Crippen LogP contribution in [0, 0.1) is 11.8 Å². The zero-order valence-electron chi connectivity index (χ0n) is 26.2. The normalized spacial score (nSPS) is 14.5. The molecule has 3 aromatic rings. The third-order valence-electron chi connectivity index (χ3n) is 6.89. The SMILES string of the molecule is C=CC(=O)Nc1cc(Nc2cc(N3OCCC3c3cccc(C#CC(C)(C)O)c3)ncn2)c(OC)cc1N(C)CCN(C)C. The predicted molar refractivity (Wildman–Crippen MR) is 174 cm³/mol. The quantitative estimate of drug-likeness (QED) is 0.217. The molecule has 2 aromatic carbocycles. The van der Waals surface area contributed by atoms with Crippen LogP contribution in [-0.4, -0.2) is 79.4 Å². The average molecular weight is 600 g/mol. The molecule has 1 amide bonds. The van der Waals surface area contributed by atoms with Gasteiger partial charge < -0.3 is 30.3 Å². The lowest BCUT2D eigenvalue weighted by Crippen LogP contribution is -2.29. The van der Waals surface area contributed by atoms with Crippen LogP contribution in [0.4, 0.5) is 28.7 Å². The van der Waals surface area contributed by atoms with Gasteiger partial charge in [-0.2, -0.15) is 0 Å². The summed E-state index contributed by atoms with van der Waals surface area (Å²) in [5, 5.41) is 18.0. The van der Waals surface area contributed by atoms with E-state index in [1.807, 2.05) is 57.5 Å². The molecule has 1 fully saturated rings. The van der Waals surface area contributed by atoms with Gasteiger partial charge in [0.05, 0.1) is 36.8 Å². The summed E-state index contributed by atoms with van der Waals surface area (Å²) in [5.74, 6) is 7.27. The first kappa shape index (κ1) is 32.3. The summed E-state index contributed by atoms with van der Waals surface area (Å²) in [6.45, 7) is 9.00. The van der Waals surface area contributed by atoms with Gasteiger partial charge in [0.25, 0.3) is 0 Å². The molecule has 1 aliphatic rings. The van der Waals surface area contributed by atoms with Crippen molar-refractivity contribution in [2.75, 3.05) is 68.5 Å². The Morgan fingerprint density at radius 3 is 2.70 bits per heavy atom. The fourth-order valence-electron chi connectivity index (χ4n) is 4.63. The molecule has 0 saturated carbocycles. The van der Waals surface area contributed by atoms with Crippen LogP contribution in [0.25, 0.3) is 0 Å². The minimum absolute atomic E-state index is 0.0890. The summed E-state index contributed by atoms with van der Waals surface area (Å²) in [6.07, 6.45) is 3.47. The van der Waals surface area contributed by atoms with Gasteiger partial charge in [0.2, 0.25) is 5.91 Å². The smallest absolute Gasteiger partial charge is 0.247 e. The predicted octanol–water partition coefficient (Wildman–Crippen LogP) is 4.36. The van der Waals surface area contributed by atoms with Gasteiger partial charge in [0.15, 0.2) is 5.82 Å². The van der Waals surface area contributed by atoms with Crippen LogP contribution in [0.2, 0.25) is 0 Å². The molecule has 1 aliphatic heterocycles. The first-order chi connectivity index (χ1) is 21.0. The van der Waals surface area contributed by atoms with Crippen molar-refractivity contribution in [2.24, 2.45) is 0 Å². The number of hydroxylamine groups is 1. The van der Waals surface area contributed by atoms with Crippen LogP contribution in [0.3, 0.4) is 0 Å². The fourth-order valence-corrected chi connectivity index (χ4v) is 4.63. The Balaban J connectivity index is 1.62. The van der Waals surface area contributed by atoms with Crippen LogP contribution in [0.1, 0.15) is 37.4 Å². The third-order valence-corrected chi connectivity index (χ3v) is 6.89. The van der Waals surface area contributed by atoms with E-state index in [1.165, 1.54) is 12.4 Å². The molecule has 1 saturated heterocycles. The van der Waals surface area contributed by atoms with Gasteiger partial charge in [0.1, 0.15) is 23.5 Å². The van der Waals surface area contributed by atoms with Crippen molar-refractivity contribution in [1.82, 2.24) is 14.9 Å².